The first-order valence-electron chi connectivity index (χ1n) is 14.7. The third-order valence-electron chi connectivity index (χ3n) is 7.89. The Balaban J connectivity index is 1.22. The van der Waals surface area contributed by atoms with Gasteiger partial charge in [-0.1, -0.05) is 18.2 Å². The van der Waals surface area contributed by atoms with Crippen LogP contribution in [0.1, 0.15) is 62.2 Å². The first kappa shape index (κ1) is 30.7. The summed E-state index contributed by atoms with van der Waals surface area (Å²) in [4.78, 5) is 29.9. The van der Waals surface area contributed by atoms with E-state index in [-0.39, 0.29) is 41.8 Å². The van der Waals surface area contributed by atoms with Crippen molar-refractivity contribution in [3.8, 4) is 5.75 Å². The van der Waals surface area contributed by atoms with Crippen LogP contribution in [0.4, 0.5) is 0 Å². The predicted octanol–water partition coefficient (Wildman–Crippen LogP) is 4.97. The van der Waals surface area contributed by atoms with Gasteiger partial charge in [0.05, 0.1) is 29.7 Å². The molecule has 43 heavy (non-hydrogen) atoms. The number of rotatable bonds is 11. The number of nitrogens with one attached hydrogen (secondary N) is 1. The minimum Gasteiger partial charge on any atom is -0.494 e. The number of hydrogen-bond acceptors (Lipinski definition) is 7. The van der Waals surface area contributed by atoms with E-state index in [0.717, 1.165) is 18.4 Å². The van der Waals surface area contributed by atoms with E-state index >= 15 is 0 Å². The van der Waals surface area contributed by atoms with Crippen molar-refractivity contribution in [1.82, 2.24) is 14.6 Å². The highest BCUT2D eigenvalue weighted by Gasteiger charge is 2.58. The van der Waals surface area contributed by atoms with Gasteiger partial charge in [0.2, 0.25) is 10.0 Å². The second kappa shape index (κ2) is 12.5. The van der Waals surface area contributed by atoms with Crippen molar-refractivity contribution in [2.75, 3.05) is 6.61 Å². The summed E-state index contributed by atoms with van der Waals surface area (Å²) in [6.45, 7) is 8.16. The molecule has 0 bridgehead atoms. The predicted molar refractivity (Wildman–Crippen MR) is 162 cm³/mol. The Morgan fingerprint density at radius 2 is 1.63 bits per heavy atom. The number of hydrogen-bond donors (Lipinski definition) is 1. The number of benzene rings is 2. The fourth-order valence-corrected chi connectivity index (χ4v) is 7.15. The van der Waals surface area contributed by atoms with Gasteiger partial charge in [-0.05, 0) is 106 Å². The number of fused-ring (bicyclic) bond motifs is 1. The minimum atomic E-state index is -3.87. The van der Waals surface area contributed by atoms with Crippen molar-refractivity contribution >= 4 is 21.9 Å². The maximum atomic E-state index is 13.7. The van der Waals surface area contributed by atoms with Crippen LogP contribution >= 0.6 is 0 Å². The van der Waals surface area contributed by atoms with Crippen LogP contribution in [0.25, 0.3) is 0 Å². The number of pyridine rings is 1. The molecule has 9 nitrogen and oxygen atoms in total. The second-order valence-electron chi connectivity index (χ2n) is 12.2. The fraction of sp³-hybridized carbons (Fsp3) is 0.424. The molecule has 4 atom stereocenters. The Kier molecular flexibility index (Phi) is 8.89. The highest BCUT2D eigenvalue weighted by Crippen LogP contribution is 2.55. The molecule has 0 radical (unpaired) electrons. The van der Waals surface area contributed by atoms with Crippen LogP contribution in [0, 0.1) is 17.8 Å². The maximum Gasteiger partial charge on any atom is 0.309 e. The molecule has 1 N–H and O–H groups in total. The molecular formula is C33H39N3O6S. The van der Waals surface area contributed by atoms with Gasteiger partial charge in [-0.15, -0.1) is 0 Å². The lowest BCUT2D eigenvalue weighted by atomic mass is 10.0. The van der Waals surface area contributed by atoms with Crippen molar-refractivity contribution < 1.29 is 27.5 Å². The van der Waals surface area contributed by atoms with Crippen molar-refractivity contribution in [1.29, 1.82) is 0 Å². The average Bonchev–Trinajstić information content (AvgIpc) is 3.39. The SMILES string of the molecule is CCOc1ccc(S(=O)(=O)N(Cc2ccc(C(=O)NC3[C@H]4CC(C(=O)OC(C)(C)C)C[C@@H]34)cc2)Cc2ccccn2)cc1. The zero-order chi connectivity index (χ0) is 30.8. The van der Waals surface area contributed by atoms with Crippen LogP contribution in [0.2, 0.25) is 0 Å². The zero-order valence-electron chi connectivity index (χ0n) is 25.0. The van der Waals surface area contributed by atoms with Crippen molar-refractivity contribution in [2.45, 2.75) is 70.2 Å². The third kappa shape index (κ3) is 7.43. The van der Waals surface area contributed by atoms with E-state index in [1.54, 1.807) is 66.9 Å². The van der Waals surface area contributed by atoms with Gasteiger partial charge >= 0.3 is 5.97 Å². The number of carbonyl (C=O) groups is 2. The van der Waals surface area contributed by atoms with E-state index in [9.17, 15) is 18.0 Å². The molecule has 2 fully saturated rings. The number of sulfonamides is 1. The van der Waals surface area contributed by atoms with E-state index in [0.29, 0.717) is 35.4 Å². The van der Waals surface area contributed by atoms with E-state index < -0.39 is 15.6 Å². The molecule has 2 aliphatic rings. The highest BCUT2D eigenvalue weighted by molar-refractivity contribution is 7.89. The van der Waals surface area contributed by atoms with Gasteiger partial charge < -0.3 is 14.8 Å². The summed E-state index contributed by atoms with van der Waals surface area (Å²) in [5, 5.41) is 3.12. The van der Waals surface area contributed by atoms with E-state index in [1.165, 1.54) is 4.31 Å². The molecule has 1 amide bonds. The first-order valence-corrected chi connectivity index (χ1v) is 16.1. The monoisotopic (exact) mass is 605 g/mol. The fourth-order valence-electron chi connectivity index (χ4n) is 5.75. The summed E-state index contributed by atoms with van der Waals surface area (Å²) in [5.41, 5.74) is 1.36. The Morgan fingerprint density at radius 3 is 2.21 bits per heavy atom. The zero-order valence-corrected chi connectivity index (χ0v) is 25.8. The van der Waals surface area contributed by atoms with E-state index in [1.807, 2.05) is 33.8 Å². The summed E-state index contributed by atoms with van der Waals surface area (Å²) in [7, 11) is -3.87. The number of esters is 1. The Morgan fingerprint density at radius 1 is 0.953 bits per heavy atom. The maximum absolute atomic E-state index is 13.7. The third-order valence-corrected chi connectivity index (χ3v) is 9.70. The number of amides is 1. The molecule has 2 saturated carbocycles. The molecule has 0 spiro atoms. The van der Waals surface area contributed by atoms with Crippen LogP contribution in [0.15, 0.2) is 77.8 Å². The molecule has 2 aliphatic carbocycles. The molecular weight excluding hydrogens is 566 g/mol. The summed E-state index contributed by atoms with van der Waals surface area (Å²) in [5.74, 6) is 0.773. The lowest BCUT2D eigenvalue weighted by Gasteiger charge is -2.23. The summed E-state index contributed by atoms with van der Waals surface area (Å²) in [6.07, 6.45) is 3.10. The van der Waals surface area contributed by atoms with Crippen molar-refractivity contribution in [3.05, 3.63) is 89.7 Å². The van der Waals surface area contributed by atoms with E-state index in [4.69, 9.17) is 9.47 Å². The topological polar surface area (TPSA) is 115 Å². The second-order valence-corrected chi connectivity index (χ2v) is 14.2. The normalized spacial score (nSPS) is 21.2. The molecule has 1 aromatic heterocycles. The minimum absolute atomic E-state index is 0.0685. The standard InChI is InChI=1S/C33H39N3O6S/c1-5-41-26-13-15-27(16-14-26)43(39,40)36(21-25-8-6-7-17-34-25)20-22-9-11-23(12-10-22)31(37)35-30-28-18-24(19-29(28)30)32(38)42-33(2,3)4/h6-17,24,28-30H,5,18-21H2,1-4H3,(H,35,37)/t24?,28-,29+,30?. The van der Waals surface area contributed by atoms with Gasteiger partial charge in [-0.25, -0.2) is 8.42 Å². The van der Waals surface area contributed by atoms with Gasteiger partial charge in [-0.2, -0.15) is 4.31 Å². The Labute approximate surface area is 253 Å². The van der Waals surface area contributed by atoms with Crippen LogP contribution in [-0.2, 0) is 32.6 Å². The number of carbonyl (C=O) groups excluding carboxylic acids is 2. The molecule has 10 heteroatoms. The molecule has 1 heterocycles. The van der Waals surface area contributed by atoms with Crippen molar-refractivity contribution in [3.63, 3.8) is 0 Å². The van der Waals surface area contributed by atoms with Gasteiger partial charge in [0.1, 0.15) is 11.4 Å². The highest BCUT2D eigenvalue weighted by atomic mass is 32.2. The van der Waals surface area contributed by atoms with Crippen molar-refractivity contribution in [2.24, 2.45) is 17.8 Å². The molecule has 2 aromatic carbocycles. The first-order chi connectivity index (χ1) is 20.4. The summed E-state index contributed by atoms with van der Waals surface area (Å²) < 4.78 is 39.8. The Hall–Kier alpha value is -3.76. The van der Waals surface area contributed by atoms with Gasteiger partial charge in [0, 0.05) is 24.3 Å². The summed E-state index contributed by atoms with van der Waals surface area (Å²) >= 11 is 0. The molecule has 2 unspecified atom stereocenters. The van der Waals surface area contributed by atoms with Crippen LogP contribution in [-0.4, -0.2) is 47.8 Å². The summed E-state index contributed by atoms with van der Waals surface area (Å²) in [6, 6.07) is 18.8. The lowest BCUT2D eigenvalue weighted by Crippen LogP contribution is -2.32. The smallest absolute Gasteiger partial charge is 0.309 e. The van der Waals surface area contributed by atoms with Gasteiger partial charge in [0.15, 0.2) is 0 Å². The van der Waals surface area contributed by atoms with Gasteiger partial charge in [-0.3, -0.25) is 14.6 Å². The lowest BCUT2D eigenvalue weighted by molar-refractivity contribution is -0.160. The Bertz CT molecular complexity index is 1520. The van der Waals surface area contributed by atoms with Crippen LogP contribution in [0.5, 0.6) is 5.75 Å². The van der Waals surface area contributed by atoms with E-state index in [2.05, 4.69) is 10.3 Å². The number of nitrogens with zero attached hydrogens (tertiary/aromatic N) is 2. The largest absolute Gasteiger partial charge is 0.494 e. The van der Waals surface area contributed by atoms with Gasteiger partial charge in [0.25, 0.3) is 5.91 Å². The van der Waals surface area contributed by atoms with Crippen LogP contribution in [0.3, 0.4) is 0 Å². The number of ether oxygens (including phenoxy) is 2. The molecule has 0 aliphatic heterocycles. The molecule has 0 saturated heterocycles. The van der Waals surface area contributed by atoms with Crippen LogP contribution < -0.4 is 10.1 Å². The molecule has 3 aromatic rings. The number of aromatic nitrogens is 1. The quantitative estimate of drug-likeness (QED) is 0.307. The average molecular weight is 606 g/mol. The molecule has 228 valence electrons. The molecule has 5 rings (SSSR count).